The Bertz CT molecular complexity index is 425. The summed E-state index contributed by atoms with van der Waals surface area (Å²) in [6.07, 6.45) is 2.17. The molecule has 1 fully saturated rings. The van der Waals surface area contributed by atoms with Crippen LogP contribution in [0.3, 0.4) is 0 Å². The number of likely N-dealkylation sites (tertiary alicyclic amines) is 1. The zero-order chi connectivity index (χ0) is 13.7. The van der Waals surface area contributed by atoms with Gasteiger partial charge in [-0.05, 0) is 30.9 Å². The normalized spacial score (nSPS) is 17.5. The molecule has 1 aliphatic heterocycles. The van der Waals surface area contributed by atoms with Gasteiger partial charge in [-0.2, -0.15) is 0 Å². The molecule has 0 atom stereocenters. The highest BCUT2D eigenvalue weighted by Crippen LogP contribution is 2.12. The van der Waals surface area contributed by atoms with Crippen LogP contribution in [0, 0.1) is 6.92 Å². The van der Waals surface area contributed by atoms with Crippen LogP contribution in [-0.4, -0.2) is 36.5 Å². The van der Waals surface area contributed by atoms with Crippen LogP contribution in [0.4, 0.5) is 0 Å². The molecule has 0 spiro atoms. The highest BCUT2D eigenvalue weighted by Gasteiger charge is 2.19. The van der Waals surface area contributed by atoms with E-state index in [0.717, 1.165) is 32.5 Å². The molecule has 1 aromatic rings. The molecule has 0 aromatic heterocycles. The molecule has 1 aromatic carbocycles. The average molecular weight is 261 g/mol. The van der Waals surface area contributed by atoms with Gasteiger partial charge in [-0.3, -0.25) is 9.69 Å². The lowest BCUT2D eigenvalue weighted by Gasteiger charge is -2.31. The Morgan fingerprint density at radius 2 is 2.05 bits per heavy atom. The fraction of sp³-hybridized carbons (Fsp3) is 0.533. The second-order valence-electron chi connectivity index (χ2n) is 5.32. The first-order valence-electron chi connectivity index (χ1n) is 6.93. The summed E-state index contributed by atoms with van der Waals surface area (Å²) in [5.41, 5.74) is 7.91. The lowest BCUT2D eigenvalue weighted by Crippen LogP contribution is -2.45. The molecule has 4 heteroatoms. The maximum absolute atomic E-state index is 10.9. The molecule has 104 valence electrons. The zero-order valence-corrected chi connectivity index (χ0v) is 11.6. The van der Waals surface area contributed by atoms with Crippen molar-refractivity contribution in [1.82, 2.24) is 10.2 Å². The van der Waals surface area contributed by atoms with E-state index in [9.17, 15) is 4.79 Å². The molecule has 1 amide bonds. The zero-order valence-electron chi connectivity index (χ0n) is 11.6. The summed E-state index contributed by atoms with van der Waals surface area (Å²) in [6, 6.07) is 9.02. The van der Waals surface area contributed by atoms with Crippen LogP contribution < -0.4 is 11.1 Å². The summed E-state index contributed by atoms with van der Waals surface area (Å²) in [6.45, 7) is 5.37. The number of benzene rings is 1. The fourth-order valence-corrected chi connectivity index (χ4v) is 2.58. The molecule has 4 nitrogen and oxygen atoms in total. The van der Waals surface area contributed by atoms with Crippen LogP contribution in [0.5, 0.6) is 0 Å². The Balaban J connectivity index is 1.74. The molecular weight excluding hydrogens is 238 g/mol. The SMILES string of the molecule is Cc1ccccc1CNC1CCN(CC(N)=O)CC1. The number of amides is 1. The van der Waals surface area contributed by atoms with Gasteiger partial charge in [-0.25, -0.2) is 0 Å². The van der Waals surface area contributed by atoms with Gasteiger partial charge in [0.15, 0.2) is 0 Å². The summed E-state index contributed by atoms with van der Waals surface area (Å²) in [7, 11) is 0. The Morgan fingerprint density at radius 3 is 2.68 bits per heavy atom. The van der Waals surface area contributed by atoms with Gasteiger partial charge in [0.05, 0.1) is 6.54 Å². The minimum atomic E-state index is -0.230. The van der Waals surface area contributed by atoms with Crippen molar-refractivity contribution in [3.05, 3.63) is 35.4 Å². The van der Waals surface area contributed by atoms with Gasteiger partial charge in [0.2, 0.25) is 5.91 Å². The molecule has 1 aliphatic rings. The van der Waals surface area contributed by atoms with Crippen molar-refractivity contribution in [3.63, 3.8) is 0 Å². The molecule has 0 saturated carbocycles. The summed E-state index contributed by atoms with van der Waals surface area (Å²) in [5, 5.41) is 3.61. The second-order valence-corrected chi connectivity index (χ2v) is 5.32. The van der Waals surface area contributed by atoms with Crippen molar-refractivity contribution in [2.24, 2.45) is 5.73 Å². The predicted octanol–water partition coefficient (Wildman–Crippen LogP) is 1.03. The van der Waals surface area contributed by atoms with Gasteiger partial charge >= 0.3 is 0 Å². The van der Waals surface area contributed by atoms with Crippen molar-refractivity contribution in [3.8, 4) is 0 Å². The van der Waals surface area contributed by atoms with E-state index in [1.165, 1.54) is 11.1 Å². The van der Waals surface area contributed by atoms with Gasteiger partial charge in [0.25, 0.3) is 0 Å². The van der Waals surface area contributed by atoms with Crippen molar-refractivity contribution in [2.75, 3.05) is 19.6 Å². The minimum Gasteiger partial charge on any atom is -0.369 e. The fourth-order valence-electron chi connectivity index (χ4n) is 2.58. The number of aryl methyl sites for hydroxylation is 1. The van der Waals surface area contributed by atoms with E-state index in [1.54, 1.807) is 0 Å². The van der Waals surface area contributed by atoms with E-state index in [-0.39, 0.29) is 5.91 Å². The predicted molar refractivity (Wildman–Crippen MR) is 76.7 cm³/mol. The van der Waals surface area contributed by atoms with Crippen molar-refractivity contribution in [2.45, 2.75) is 32.4 Å². The van der Waals surface area contributed by atoms with Crippen molar-refractivity contribution < 1.29 is 4.79 Å². The van der Waals surface area contributed by atoms with Gasteiger partial charge in [0.1, 0.15) is 0 Å². The number of hydrogen-bond donors (Lipinski definition) is 2. The Labute approximate surface area is 115 Å². The minimum absolute atomic E-state index is 0.230. The number of rotatable bonds is 5. The van der Waals surface area contributed by atoms with Gasteiger partial charge in [0, 0.05) is 25.7 Å². The Hall–Kier alpha value is -1.39. The number of primary amides is 1. The molecule has 0 unspecified atom stereocenters. The number of carbonyl (C=O) groups is 1. The molecule has 2 rings (SSSR count). The average Bonchev–Trinajstić information content (AvgIpc) is 2.39. The first kappa shape index (κ1) is 14.0. The lowest BCUT2D eigenvalue weighted by molar-refractivity contribution is -0.119. The van der Waals surface area contributed by atoms with E-state index in [1.807, 2.05) is 0 Å². The molecular formula is C15H23N3O. The Kier molecular flexibility index (Phi) is 4.93. The molecule has 0 bridgehead atoms. The largest absolute Gasteiger partial charge is 0.369 e. The summed E-state index contributed by atoms with van der Waals surface area (Å²) in [5.74, 6) is -0.230. The van der Waals surface area contributed by atoms with Crippen molar-refractivity contribution in [1.29, 1.82) is 0 Å². The summed E-state index contributed by atoms with van der Waals surface area (Å²) < 4.78 is 0. The number of nitrogens with zero attached hydrogens (tertiary/aromatic N) is 1. The standard InChI is InChI=1S/C15H23N3O/c1-12-4-2-3-5-13(12)10-17-14-6-8-18(9-7-14)11-15(16)19/h2-5,14,17H,6-11H2,1H3,(H2,16,19). The first-order chi connectivity index (χ1) is 9.15. The third-order valence-electron chi connectivity index (χ3n) is 3.81. The lowest BCUT2D eigenvalue weighted by atomic mass is 10.0. The van der Waals surface area contributed by atoms with Gasteiger partial charge < -0.3 is 11.1 Å². The molecule has 1 heterocycles. The first-order valence-corrected chi connectivity index (χ1v) is 6.93. The maximum atomic E-state index is 10.9. The quantitative estimate of drug-likeness (QED) is 0.832. The van der Waals surface area contributed by atoms with Crippen LogP contribution in [-0.2, 0) is 11.3 Å². The molecule has 3 N–H and O–H groups in total. The third-order valence-corrected chi connectivity index (χ3v) is 3.81. The van der Waals surface area contributed by atoms with E-state index in [0.29, 0.717) is 12.6 Å². The molecule has 0 aliphatic carbocycles. The van der Waals surface area contributed by atoms with Crippen molar-refractivity contribution >= 4 is 5.91 Å². The second kappa shape index (κ2) is 6.68. The van der Waals surface area contributed by atoms with E-state index >= 15 is 0 Å². The van der Waals surface area contributed by atoms with Crippen LogP contribution in [0.2, 0.25) is 0 Å². The topological polar surface area (TPSA) is 58.4 Å². The molecule has 1 saturated heterocycles. The number of piperidine rings is 1. The number of hydrogen-bond acceptors (Lipinski definition) is 3. The molecule has 19 heavy (non-hydrogen) atoms. The summed E-state index contributed by atoms with van der Waals surface area (Å²) >= 11 is 0. The smallest absolute Gasteiger partial charge is 0.231 e. The van der Waals surface area contributed by atoms with Crippen LogP contribution >= 0.6 is 0 Å². The number of nitrogens with two attached hydrogens (primary N) is 1. The maximum Gasteiger partial charge on any atom is 0.231 e. The van der Waals surface area contributed by atoms with Crippen LogP contribution in [0.1, 0.15) is 24.0 Å². The van der Waals surface area contributed by atoms with E-state index in [2.05, 4.69) is 41.4 Å². The number of nitrogens with one attached hydrogen (secondary N) is 1. The number of carbonyl (C=O) groups excluding carboxylic acids is 1. The highest BCUT2D eigenvalue weighted by molar-refractivity contribution is 5.75. The van der Waals surface area contributed by atoms with Crippen LogP contribution in [0.25, 0.3) is 0 Å². The highest BCUT2D eigenvalue weighted by atomic mass is 16.1. The molecule has 0 radical (unpaired) electrons. The van der Waals surface area contributed by atoms with Gasteiger partial charge in [-0.1, -0.05) is 24.3 Å². The summed E-state index contributed by atoms with van der Waals surface area (Å²) in [4.78, 5) is 13.0. The van der Waals surface area contributed by atoms with E-state index in [4.69, 9.17) is 5.73 Å². The van der Waals surface area contributed by atoms with Crippen LogP contribution in [0.15, 0.2) is 24.3 Å². The monoisotopic (exact) mass is 261 g/mol. The third kappa shape index (κ3) is 4.33. The van der Waals surface area contributed by atoms with Gasteiger partial charge in [-0.15, -0.1) is 0 Å². The Morgan fingerprint density at radius 1 is 1.37 bits per heavy atom. The van der Waals surface area contributed by atoms with E-state index < -0.39 is 0 Å².